The predicted octanol–water partition coefficient (Wildman–Crippen LogP) is 2.90. The summed E-state index contributed by atoms with van der Waals surface area (Å²) in [6, 6.07) is 11.1. The molecule has 0 unspecified atom stereocenters. The highest BCUT2D eigenvalue weighted by Gasteiger charge is 2.28. The molecule has 4 nitrogen and oxygen atoms in total. The van der Waals surface area contributed by atoms with Crippen molar-refractivity contribution in [1.29, 1.82) is 0 Å². The molecule has 0 saturated heterocycles. The quantitative estimate of drug-likeness (QED) is 0.931. The molecule has 0 spiro atoms. The highest BCUT2D eigenvalue weighted by molar-refractivity contribution is 5.82. The van der Waals surface area contributed by atoms with Crippen LogP contribution in [0, 0.1) is 19.8 Å². The first-order valence-electron chi connectivity index (χ1n) is 6.85. The summed E-state index contributed by atoms with van der Waals surface area (Å²) in [5.41, 5.74) is 2.36. The SMILES string of the molecule is CC[C@H](C(=O)n1nc(C)cc1C)[C@@H](O)c1ccccc1. The molecule has 0 aliphatic rings. The van der Waals surface area contributed by atoms with Gasteiger partial charge in [0.25, 0.3) is 5.91 Å². The molecule has 0 fully saturated rings. The average Bonchev–Trinajstić information content (AvgIpc) is 2.79. The maximum absolute atomic E-state index is 12.6. The largest absolute Gasteiger partial charge is 0.388 e. The second-order valence-electron chi connectivity index (χ2n) is 5.05. The Balaban J connectivity index is 2.28. The molecule has 20 heavy (non-hydrogen) atoms. The minimum Gasteiger partial charge on any atom is -0.388 e. The topological polar surface area (TPSA) is 55.1 Å². The molecule has 4 heteroatoms. The molecule has 0 aliphatic heterocycles. The molecule has 106 valence electrons. The normalized spacial score (nSPS) is 14.0. The lowest BCUT2D eigenvalue weighted by Crippen LogP contribution is -2.28. The zero-order valence-electron chi connectivity index (χ0n) is 12.1. The van der Waals surface area contributed by atoms with Crippen molar-refractivity contribution in [2.75, 3.05) is 0 Å². The summed E-state index contributed by atoms with van der Waals surface area (Å²) in [5, 5.41) is 14.7. The van der Waals surface area contributed by atoms with E-state index in [2.05, 4.69) is 5.10 Å². The molecule has 0 saturated carbocycles. The van der Waals surface area contributed by atoms with Gasteiger partial charge in [0.15, 0.2) is 0 Å². The third kappa shape index (κ3) is 2.80. The Labute approximate surface area is 119 Å². The summed E-state index contributed by atoms with van der Waals surface area (Å²) in [6.07, 6.45) is -0.245. The lowest BCUT2D eigenvalue weighted by atomic mass is 9.92. The minimum absolute atomic E-state index is 0.158. The van der Waals surface area contributed by atoms with E-state index in [4.69, 9.17) is 0 Å². The Morgan fingerprint density at radius 2 is 1.95 bits per heavy atom. The van der Waals surface area contributed by atoms with Gasteiger partial charge in [0.1, 0.15) is 0 Å². The van der Waals surface area contributed by atoms with Gasteiger partial charge in [-0.25, -0.2) is 4.68 Å². The van der Waals surface area contributed by atoms with Crippen molar-refractivity contribution in [3.63, 3.8) is 0 Å². The van der Waals surface area contributed by atoms with Crippen LogP contribution in [0.3, 0.4) is 0 Å². The van der Waals surface area contributed by atoms with Crippen LogP contribution < -0.4 is 0 Å². The van der Waals surface area contributed by atoms with E-state index in [1.54, 1.807) is 0 Å². The van der Waals surface area contributed by atoms with Crippen LogP contribution in [-0.4, -0.2) is 20.8 Å². The van der Waals surface area contributed by atoms with Crippen molar-refractivity contribution in [1.82, 2.24) is 9.78 Å². The Morgan fingerprint density at radius 1 is 1.30 bits per heavy atom. The van der Waals surface area contributed by atoms with Crippen molar-refractivity contribution in [2.45, 2.75) is 33.3 Å². The molecule has 0 bridgehead atoms. The maximum atomic E-state index is 12.6. The van der Waals surface area contributed by atoms with Crippen LogP contribution in [0.5, 0.6) is 0 Å². The minimum atomic E-state index is -0.808. The van der Waals surface area contributed by atoms with Gasteiger partial charge in [-0.1, -0.05) is 37.3 Å². The second kappa shape index (κ2) is 6.01. The summed E-state index contributed by atoms with van der Waals surface area (Å²) in [4.78, 5) is 12.6. The summed E-state index contributed by atoms with van der Waals surface area (Å²) < 4.78 is 1.40. The zero-order valence-corrected chi connectivity index (χ0v) is 12.1. The third-order valence-corrected chi connectivity index (χ3v) is 3.50. The van der Waals surface area contributed by atoms with E-state index >= 15 is 0 Å². The van der Waals surface area contributed by atoms with Crippen LogP contribution in [0.25, 0.3) is 0 Å². The van der Waals surface area contributed by atoms with Gasteiger partial charge in [0.05, 0.1) is 17.7 Å². The molecule has 1 aromatic carbocycles. The summed E-state index contributed by atoms with van der Waals surface area (Å²) in [6.45, 7) is 5.60. The van der Waals surface area contributed by atoms with Crippen molar-refractivity contribution >= 4 is 5.91 Å². The molecule has 2 atom stereocenters. The molecule has 0 radical (unpaired) electrons. The standard InChI is InChI=1S/C16H20N2O2/c1-4-14(15(19)13-8-6-5-7-9-13)16(20)18-12(3)10-11(2)17-18/h5-10,14-15,19H,4H2,1-3H3/t14-,15-/m0/s1. The fourth-order valence-electron chi connectivity index (χ4n) is 2.42. The number of nitrogens with zero attached hydrogens (tertiary/aromatic N) is 2. The fraction of sp³-hybridized carbons (Fsp3) is 0.375. The number of aliphatic hydroxyl groups is 1. The molecule has 1 aromatic heterocycles. The molecule has 1 heterocycles. The van der Waals surface area contributed by atoms with Crippen LogP contribution in [0.15, 0.2) is 36.4 Å². The van der Waals surface area contributed by atoms with Gasteiger partial charge in [0, 0.05) is 5.69 Å². The number of hydrogen-bond acceptors (Lipinski definition) is 3. The lowest BCUT2D eigenvalue weighted by molar-refractivity contribution is 0.0565. The van der Waals surface area contributed by atoms with E-state index in [9.17, 15) is 9.90 Å². The van der Waals surface area contributed by atoms with E-state index in [1.165, 1.54) is 4.68 Å². The van der Waals surface area contributed by atoms with Crippen molar-refractivity contribution < 1.29 is 9.90 Å². The number of aryl methyl sites for hydroxylation is 2. The number of hydrogen-bond donors (Lipinski definition) is 1. The number of carbonyl (C=O) groups excluding carboxylic acids is 1. The van der Waals surface area contributed by atoms with Crippen LogP contribution in [0.1, 0.15) is 41.2 Å². The van der Waals surface area contributed by atoms with E-state index in [-0.39, 0.29) is 5.91 Å². The van der Waals surface area contributed by atoms with Crippen LogP contribution in [-0.2, 0) is 0 Å². The molecule has 0 amide bonds. The summed E-state index contributed by atoms with van der Waals surface area (Å²) in [7, 11) is 0. The molecule has 2 rings (SSSR count). The summed E-state index contributed by atoms with van der Waals surface area (Å²) in [5.74, 6) is -0.648. The smallest absolute Gasteiger partial charge is 0.253 e. The molecular formula is C16H20N2O2. The second-order valence-corrected chi connectivity index (χ2v) is 5.05. The third-order valence-electron chi connectivity index (χ3n) is 3.50. The first-order valence-corrected chi connectivity index (χ1v) is 6.85. The number of rotatable bonds is 4. The van der Waals surface area contributed by atoms with E-state index in [0.717, 1.165) is 17.0 Å². The Kier molecular flexibility index (Phi) is 4.35. The Morgan fingerprint density at radius 3 is 2.45 bits per heavy atom. The maximum Gasteiger partial charge on any atom is 0.253 e. The van der Waals surface area contributed by atoms with Crippen LogP contribution in [0.2, 0.25) is 0 Å². The van der Waals surface area contributed by atoms with E-state index in [0.29, 0.717) is 6.42 Å². The predicted molar refractivity (Wildman–Crippen MR) is 77.5 cm³/mol. The monoisotopic (exact) mass is 272 g/mol. The highest BCUT2D eigenvalue weighted by atomic mass is 16.3. The first-order chi connectivity index (χ1) is 9.54. The number of carbonyl (C=O) groups is 1. The van der Waals surface area contributed by atoms with Crippen LogP contribution in [0.4, 0.5) is 0 Å². The molecular weight excluding hydrogens is 252 g/mol. The lowest BCUT2D eigenvalue weighted by Gasteiger charge is -2.21. The molecule has 0 aliphatic carbocycles. The fourth-order valence-corrected chi connectivity index (χ4v) is 2.42. The van der Waals surface area contributed by atoms with Gasteiger partial charge in [-0.15, -0.1) is 0 Å². The van der Waals surface area contributed by atoms with E-state index < -0.39 is 12.0 Å². The van der Waals surface area contributed by atoms with Gasteiger partial charge in [-0.3, -0.25) is 4.79 Å². The van der Waals surface area contributed by atoms with Crippen LogP contribution >= 0.6 is 0 Å². The van der Waals surface area contributed by atoms with Gasteiger partial charge in [0.2, 0.25) is 0 Å². The van der Waals surface area contributed by atoms with Gasteiger partial charge >= 0.3 is 0 Å². The summed E-state index contributed by atoms with van der Waals surface area (Å²) >= 11 is 0. The van der Waals surface area contributed by atoms with Crippen molar-refractivity contribution in [2.24, 2.45) is 5.92 Å². The number of benzene rings is 1. The molecule has 2 aromatic rings. The highest BCUT2D eigenvalue weighted by Crippen LogP contribution is 2.26. The van der Waals surface area contributed by atoms with E-state index in [1.807, 2.05) is 57.2 Å². The number of aromatic nitrogens is 2. The van der Waals surface area contributed by atoms with Gasteiger partial charge in [-0.2, -0.15) is 5.10 Å². The Bertz CT molecular complexity index is 590. The van der Waals surface area contributed by atoms with Crippen molar-refractivity contribution in [3.8, 4) is 0 Å². The van der Waals surface area contributed by atoms with Crippen molar-refractivity contribution in [3.05, 3.63) is 53.3 Å². The van der Waals surface area contributed by atoms with Gasteiger partial charge in [-0.05, 0) is 31.9 Å². The zero-order chi connectivity index (χ0) is 14.7. The first kappa shape index (κ1) is 14.5. The molecule has 1 N–H and O–H groups in total. The Hall–Kier alpha value is -1.94. The van der Waals surface area contributed by atoms with Gasteiger partial charge < -0.3 is 5.11 Å². The number of aliphatic hydroxyl groups excluding tert-OH is 1. The average molecular weight is 272 g/mol.